The Kier molecular flexibility index (Phi) is 6.94. The van der Waals surface area contributed by atoms with E-state index in [0.29, 0.717) is 0 Å². The fourth-order valence-electron chi connectivity index (χ4n) is 3.78. The van der Waals surface area contributed by atoms with Crippen LogP contribution in [-0.4, -0.2) is 0 Å². The van der Waals surface area contributed by atoms with Crippen molar-refractivity contribution in [3.63, 3.8) is 0 Å². The second-order valence-electron chi connectivity index (χ2n) is 11.0. The van der Waals surface area contributed by atoms with Crippen LogP contribution in [0.15, 0.2) is 60.7 Å². The van der Waals surface area contributed by atoms with Crippen LogP contribution in [0.3, 0.4) is 0 Å². The summed E-state index contributed by atoms with van der Waals surface area (Å²) in [5, 5.41) is 0. The second kappa shape index (κ2) is 9.33. The molecule has 0 bridgehead atoms. The molecule has 0 aromatic heterocycles. The van der Waals surface area contributed by atoms with Gasteiger partial charge in [0.2, 0.25) is 0 Å². The highest BCUT2D eigenvalue weighted by Gasteiger charge is 2.13. The predicted molar refractivity (Wildman–Crippen MR) is 144 cm³/mol. The first-order chi connectivity index (χ1) is 14.9. The van der Waals surface area contributed by atoms with Crippen molar-refractivity contribution in [2.24, 2.45) is 0 Å². The molecule has 0 heterocycles. The zero-order chi connectivity index (χ0) is 23.5. The van der Waals surface area contributed by atoms with Crippen LogP contribution < -0.4 is 0 Å². The van der Waals surface area contributed by atoms with E-state index in [-0.39, 0.29) is 10.8 Å². The summed E-state index contributed by atoms with van der Waals surface area (Å²) < 4.78 is 0. The molecule has 0 unspecified atom stereocenters. The molecule has 3 aromatic rings. The Morgan fingerprint density at radius 1 is 0.469 bits per heavy atom. The maximum Gasteiger partial charge on any atom is -0.0132 e. The zero-order valence-electron chi connectivity index (χ0n) is 21.1. The van der Waals surface area contributed by atoms with Crippen molar-refractivity contribution in [3.8, 4) is 0 Å². The SMILES string of the molecule is Cc1cc(/C=C/c2ccc(C(C)(C)C)cc2)c(C)cc1/C=C/c1ccc(C(C)(C)C)cc1. The summed E-state index contributed by atoms with van der Waals surface area (Å²) >= 11 is 0. The molecule has 0 amide bonds. The van der Waals surface area contributed by atoms with Gasteiger partial charge in [0.05, 0.1) is 0 Å². The summed E-state index contributed by atoms with van der Waals surface area (Å²) in [6.07, 6.45) is 8.88. The van der Waals surface area contributed by atoms with Gasteiger partial charge in [-0.1, -0.05) is 127 Å². The van der Waals surface area contributed by atoms with Crippen LogP contribution in [0.1, 0.15) is 86.1 Å². The van der Waals surface area contributed by atoms with E-state index in [1.165, 1.54) is 44.5 Å². The summed E-state index contributed by atoms with van der Waals surface area (Å²) in [5.41, 5.74) is 10.7. The van der Waals surface area contributed by atoms with Gasteiger partial charge in [0.25, 0.3) is 0 Å². The van der Waals surface area contributed by atoms with Crippen molar-refractivity contribution in [1.29, 1.82) is 0 Å². The Balaban J connectivity index is 1.76. The van der Waals surface area contributed by atoms with Crippen LogP contribution in [0, 0.1) is 13.8 Å². The van der Waals surface area contributed by atoms with Crippen LogP contribution in [0.4, 0.5) is 0 Å². The van der Waals surface area contributed by atoms with Gasteiger partial charge in [-0.3, -0.25) is 0 Å². The summed E-state index contributed by atoms with van der Waals surface area (Å²) in [5.74, 6) is 0. The molecule has 166 valence electrons. The third kappa shape index (κ3) is 6.10. The van der Waals surface area contributed by atoms with Crippen molar-refractivity contribution < 1.29 is 0 Å². The highest BCUT2D eigenvalue weighted by Crippen LogP contribution is 2.25. The normalized spacial score (nSPS) is 12.8. The lowest BCUT2D eigenvalue weighted by atomic mass is 9.86. The molecule has 0 saturated carbocycles. The molecule has 0 heteroatoms. The maximum absolute atomic E-state index is 2.29. The van der Waals surface area contributed by atoms with E-state index in [1.807, 2.05) is 0 Å². The van der Waals surface area contributed by atoms with Crippen molar-refractivity contribution in [1.82, 2.24) is 0 Å². The second-order valence-corrected chi connectivity index (χ2v) is 11.0. The Bertz CT molecular complexity index is 1010. The molecule has 32 heavy (non-hydrogen) atoms. The van der Waals surface area contributed by atoms with Gasteiger partial charge in [0, 0.05) is 0 Å². The van der Waals surface area contributed by atoms with Gasteiger partial charge in [-0.05, 0) is 69.2 Å². The lowest BCUT2D eigenvalue weighted by Gasteiger charge is -2.18. The van der Waals surface area contributed by atoms with Gasteiger partial charge in [0.15, 0.2) is 0 Å². The quantitative estimate of drug-likeness (QED) is 0.367. The fraction of sp³-hybridized carbons (Fsp3) is 0.312. The van der Waals surface area contributed by atoms with Crippen molar-refractivity contribution >= 4 is 24.3 Å². The van der Waals surface area contributed by atoms with E-state index in [1.54, 1.807) is 0 Å². The van der Waals surface area contributed by atoms with E-state index in [2.05, 4.69) is 140 Å². The molecule has 0 aliphatic rings. The summed E-state index contributed by atoms with van der Waals surface area (Å²) in [6.45, 7) is 17.9. The minimum Gasteiger partial charge on any atom is -0.0579 e. The fourth-order valence-corrected chi connectivity index (χ4v) is 3.78. The van der Waals surface area contributed by atoms with Crippen molar-refractivity contribution in [2.45, 2.75) is 66.2 Å². The van der Waals surface area contributed by atoms with E-state index in [9.17, 15) is 0 Å². The third-order valence-corrected chi connectivity index (χ3v) is 6.12. The largest absolute Gasteiger partial charge is 0.0579 e. The Morgan fingerprint density at radius 2 is 0.781 bits per heavy atom. The van der Waals surface area contributed by atoms with Crippen molar-refractivity contribution in [2.75, 3.05) is 0 Å². The highest BCUT2D eigenvalue weighted by molar-refractivity contribution is 5.76. The number of benzene rings is 3. The topological polar surface area (TPSA) is 0 Å². The molecule has 0 radical (unpaired) electrons. The molecule has 3 rings (SSSR count). The molecular weight excluding hydrogens is 384 g/mol. The van der Waals surface area contributed by atoms with Crippen LogP contribution in [0.2, 0.25) is 0 Å². The first-order valence-corrected chi connectivity index (χ1v) is 11.6. The standard InChI is InChI=1S/C32H38/c1-23-21-28(16-10-26-13-19-30(20-14-26)32(6,7)8)24(2)22-27(23)15-9-25-11-17-29(18-12-25)31(3,4)5/h9-22H,1-8H3/b15-9+,16-10+. The molecule has 0 nitrogen and oxygen atoms in total. The lowest BCUT2D eigenvalue weighted by molar-refractivity contribution is 0.590. The van der Waals surface area contributed by atoms with Gasteiger partial charge in [0.1, 0.15) is 0 Å². The molecule has 0 N–H and O–H groups in total. The summed E-state index contributed by atoms with van der Waals surface area (Å²) in [6, 6.07) is 22.4. The molecule has 0 atom stereocenters. The van der Waals surface area contributed by atoms with Crippen LogP contribution in [-0.2, 0) is 10.8 Å². The average Bonchev–Trinajstić information content (AvgIpc) is 2.72. The third-order valence-electron chi connectivity index (χ3n) is 6.12. The molecule has 3 aromatic carbocycles. The molecule has 0 aliphatic heterocycles. The number of hydrogen-bond donors (Lipinski definition) is 0. The zero-order valence-corrected chi connectivity index (χ0v) is 21.1. The molecule has 0 spiro atoms. The average molecular weight is 423 g/mol. The van der Waals surface area contributed by atoms with Crippen molar-refractivity contribution in [3.05, 3.63) is 105 Å². The Hall–Kier alpha value is -2.86. The maximum atomic E-state index is 2.29. The van der Waals surface area contributed by atoms with E-state index < -0.39 is 0 Å². The first-order valence-electron chi connectivity index (χ1n) is 11.6. The minimum atomic E-state index is 0.188. The molecule has 0 saturated heterocycles. The van der Waals surface area contributed by atoms with Gasteiger partial charge < -0.3 is 0 Å². The minimum absolute atomic E-state index is 0.188. The lowest BCUT2D eigenvalue weighted by Crippen LogP contribution is -2.10. The van der Waals surface area contributed by atoms with Crippen LogP contribution in [0.5, 0.6) is 0 Å². The van der Waals surface area contributed by atoms with Gasteiger partial charge in [-0.25, -0.2) is 0 Å². The van der Waals surface area contributed by atoms with E-state index >= 15 is 0 Å². The highest BCUT2D eigenvalue weighted by atomic mass is 14.2. The Labute approximate surface area is 195 Å². The summed E-state index contributed by atoms with van der Waals surface area (Å²) in [4.78, 5) is 0. The monoisotopic (exact) mass is 422 g/mol. The van der Waals surface area contributed by atoms with Gasteiger partial charge >= 0.3 is 0 Å². The number of rotatable bonds is 4. The van der Waals surface area contributed by atoms with Crippen LogP contribution >= 0.6 is 0 Å². The first kappa shape index (κ1) is 23.8. The molecule has 0 aliphatic carbocycles. The van der Waals surface area contributed by atoms with Crippen LogP contribution in [0.25, 0.3) is 24.3 Å². The molecular formula is C32H38. The smallest absolute Gasteiger partial charge is 0.0132 e. The van der Waals surface area contributed by atoms with E-state index in [4.69, 9.17) is 0 Å². The Morgan fingerprint density at radius 3 is 1.06 bits per heavy atom. The number of hydrogen-bond acceptors (Lipinski definition) is 0. The van der Waals surface area contributed by atoms with E-state index in [0.717, 1.165) is 0 Å². The predicted octanol–water partition coefficient (Wildman–Crippen LogP) is 9.24. The van der Waals surface area contributed by atoms with Gasteiger partial charge in [-0.2, -0.15) is 0 Å². The summed E-state index contributed by atoms with van der Waals surface area (Å²) in [7, 11) is 0. The van der Waals surface area contributed by atoms with Gasteiger partial charge in [-0.15, -0.1) is 0 Å². The molecule has 0 fully saturated rings. The number of aryl methyl sites for hydroxylation is 2.